The molecule has 2 aromatic rings. The number of hydrogen-bond acceptors (Lipinski definition) is 4. The Balaban J connectivity index is 1.70. The first-order valence-electron chi connectivity index (χ1n) is 7.92. The molecule has 1 aliphatic rings. The van der Waals surface area contributed by atoms with Gasteiger partial charge in [0.2, 0.25) is 5.91 Å². The number of urea groups is 1. The first-order valence-corrected chi connectivity index (χ1v) is 8.80. The molecule has 3 rings (SSSR count). The SMILES string of the molecule is NC(=O)[C@H]1NCC(c2cccc(F)c2)CC1NC(=O)Nc1cccs1. The van der Waals surface area contributed by atoms with Crippen molar-refractivity contribution in [3.63, 3.8) is 0 Å². The van der Waals surface area contributed by atoms with Crippen molar-refractivity contribution in [1.29, 1.82) is 0 Å². The average Bonchev–Trinajstić information content (AvgIpc) is 3.07. The quantitative estimate of drug-likeness (QED) is 0.670. The molecule has 2 unspecified atom stereocenters. The maximum absolute atomic E-state index is 13.5. The van der Waals surface area contributed by atoms with Crippen molar-refractivity contribution in [1.82, 2.24) is 10.6 Å². The van der Waals surface area contributed by atoms with Crippen molar-refractivity contribution in [2.75, 3.05) is 11.9 Å². The van der Waals surface area contributed by atoms with Crippen molar-refractivity contribution in [2.45, 2.75) is 24.4 Å². The van der Waals surface area contributed by atoms with E-state index in [1.165, 1.54) is 23.5 Å². The van der Waals surface area contributed by atoms with Crippen LogP contribution in [0.25, 0.3) is 0 Å². The number of hydrogen-bond donors (Lipinski definition) is 4. The molecule has 0 radical (unpaired) electrons. The summed E-state index contributed by atoms with van der Waals surface area (Å²) in [5.41, 5.74) is 6.27. The summed E-state index contributed by atoms with van der Waals surface area (Å²) in [6.45, 7) is 0.488. The fraction of sp³-hybridized carbons (Fsp3) is 0.294. The number of piperidine rings is 1. The molecule has 3 amide bonds. The number of thiophene rings is 1. The Morgan fingerprint density at radius 3 is 2.80 bits per heavy atom. The van der Waals surface area contributed by atoms with E-state index in [1.807, 2.05) is 17.5 Å². The minimum absolute atomic E-state index is 0.0293. The second kappa shape index (κ2) is 7.62. The number of carbonyl (C=O) groups is 2. The molecular formula is C17H19FN4O2S. The summed E-state index contributed by atoms with van der Waals surface area (Å²) in [5, 5.41) is 11.1. The van der Waals surface area contributed by atoms with Crippen LogP contribution in [0.1, 0.15) is 17.9 Å². The Kier molecular flexibility index (Phi) is 5.30. The Bertz CT molecular complexity index is 753. The smallest absolute Gasteiger partial charge is 0.320 e. The number of carbonyl (C=O) groups excluding carboxylic acids is 2. The molecule has 0 saturated carbocycles. The summed E-state index contributed by atoms with van der Waals surface area (Å²) in [6.07, 6.45) is 0.488. The van der Waals surface area contributed by atoms with Crippen LogP contribution in [0.5, 0.6) is 0 Å². The fourth-order valence-corrected chi connectivity index (χ4v) is 3.67. The number of rotatable bonds is 4. The molecule has 3 atom stereocenters. The molecule has 132 valence electrons. The normalized spacial score (nSPS) is 23.0. The van der Waals surface area contributed by atoms with Crippen LogP contribution in [0, 0.1) is 5.82 Å². The van der Waals surface area contributed by atoms with Gasteiger partial charge < -0.3 is 16.4 Å². The molecule has 5 N–H and O–H groups in total. The standard InChI is InChI=1S/C17H19FN4O2S/c18-12-4-1-3-10(7-12)11-8-13(15(16(19)23)20-9-11)21-17(24)22-14-5-2-6-25-14/h1-7,11,13,15,20H,8-9H2,(H2,19,23)(H2,21,22,24)/t11?,13?,15-/m0/s1. The summed E-state index contributed by atoms with van der Waals surface area (Å²) in [7, 11) is 0. The Morgan fingerprint density at radius 2 is 2.12 bits per heavy atom. The van der Waals surface area contributed by atoms with Crippen LogP contribution < -0.4 is 21.7 Å². The van der Waals surface area contributed by atoms with Crippen molar-refractivity contribution < 1.29 is 14.0 Å². The maximum atomic E-state index is 13.5. The van der Waals surface area contributed by atoms with Gasteiger partial charge in [0.15, 0.2) is 0 Å². The van der Waals surface area contributed by atoms with E-state index >= 15 is 0 Å². The average molecular weight is 362 g/mol. The number of nitrogens with two attached hydrogens (primary N) is 1. The molecule has 1 aromatic heterocycles. The molecule has 1 fully saturated rings. The van der Waals surface area contributed by atoms with Gasteiger partial charge in [0.05, 0.1) is 11.0 Å². The van der Waals surface area contributed by atoms with Crippen molar-refractivity contribution in [3.8, 4) is 0 Å². The lowest BCUT2D eigenvalue weighted by Gasteiger charge is -2.36. The fourth-order valence-electron chi connectivity index (χ4n) is 3.06. The number of amides is 3. The number of nitrogens with one attached hydrogen (secondary N) is 3. The van der Waals surface area contributed by atoms with Gasteiger partial charge in [0, 0.05) is 6.54 Å². The number of benzene rings is 1. The molecule has 6 nitrogen and oxygen atoms in total. The summed E-state index contributed by atoms with van der Waals surface area (Å²) >= 11 is 1.40. The zero-order valence-corrected chi connectivity index (χ0v) is 14.2. The molecule has 0 aliphatic carbocycles. The molecule has 1 saturated heterocycles. The topological polar surface area (TPSA) is 96.2 Å². The minimum atomic E-state index is -0.668. The number of primary amides is 1. The van der Waals surface area contributed by atoms with Crippen LogP contribution >= 0.6 is 11.3 Å². The van der Waals surface area contributed by atoms with Gasteiger partial charge in [-0.25, -0.2) is 9.18 Å². The lowest BCUT2D eigenvalue weighted by Crippen LogP contribution is -2.61. The monoisotopic (exact) mass is 362 g/mol. The van der Waals surface area contributed by atoms with E-state index in [-0.39, 0.29) is 11.7 Å². The van der Waals surface area contributed by atoms with Crippen LogP contribution in [0.15, 0.2) is 41.8 Å². The third-order valence-corrected chi connectivity index (χ3v) is 5.01. The predicted octanol–water partition coefficient (Wildman–Crippen LogP) is 2.01. The van der Waals surface area contributed by atoms with Gasteiger partial charge >= 0.3 is 6.03 Å². The summed E-state index contributed by atoms with van der Waals surface area (Å²) < 4.78 is 13.5. The zero-order valence-electron chi connectivity index (χ0n) is 13.4. The largest absolute Gasteiger partial charge is 0.368 e. The minimum Gasteiger partial charge on any atom is -0.368 e. The van der Waals surface area contributed by atoms with Crippen molar-refractivity contribution >= 4 is 28.3 Å². The van der Waals surface area contributed by atoms with E-state index in [0.717, 1.165) is 5.56 Å². The Labute approximate surface area is 148 Å². The van der Waals surface area contributed by atoms with E-state index in [9.17, 15) is 14.0 Å². The molecular weight excluding hydrogens is 343 g/mol. The highest BCUT2D eigenvalue weighted by Crippen LogP contribution is 2.26. The summed E-state index contributed by atoms with van der Waals surface area (Å²) in [4.78, 5) is 23.9. The van der Waals surface area contributed by atoms with Gasteiger partial charge in [0.1, 0.15) is 11.9 Å². The maximum Gasteiger partial charge on any atom is 0.320 e. The molecule has 0 bridgehead atoms. The third kappa shape index (κ3) is 4.34. The number of anilines is 1. The molecule has 25 heavy (non-hydrogen) atoms. The van der Waals surface area contributed by atoms with E-state index in [4.69, 9.17) is 5.73 Å². The Morgan fingerprint density at radius 1 is 1.28 bits per heavy atom. The van der Waals surface area contributed by atoms with Crippen LogP contribution in [-0.2, 0) is 4.79 Å². The highest BCUT2D eigenvalue weighted by atomic mass is 32.1. The lowest BCUT2D eigenvalue weighted by molar-refractivity contribution is -0.121. The van der Waals surface area contributed by atoms with Gasteiger partial charge in [-0.2, -0.15) is 0 Å². The van der Waals surface area contributed by atoms with Crippen molar-refractivity contribution in [2.24, 2.45) is 5.73 Å². The van der Waals surface area contributed by atoms with Crippen LogP contribution in [0.3, 0.4) is 0 Å². The molecule has 1 aliphatic heterocycles. The van der Waals surface area contributed by atoms with Crippen molar-refractivity contribution in [3.05, 3.63) is 53.2 Å². The Hall–Kier alpha value is -2.45. The van der Waals surface area contributed by atoms with E-state index in [2.05, 4.69) is 16.0 Å². The highest BCUT2D eigenvalue weighted by molar-refractivity contribution is 7.14. The van der Waals surface area contributed by atoms with Gasteiger partial charge in [-0.3, -0.25) is 10.1 Å². The van der Waals surface area contributed by atoms with Gasteiger partial charge in [0.25, 0.3) is 0 Å². The molecule has 2 heterocycles. The first kappa shape index (κ1) is 17.4. The van der Waals surface area contributed by atoms with Gasteiger partial charge in [-0.05, 0) is 47.5 Å². The zero-order chi connectivity index (χ0) is 17.8. The van der Waals surface area contributed by atoms with Gasteiger partial charge in [-0.15, -0.1) is 11.3 Å². The predicted molar refractivity (Wildman–Crippen MR) is 95.0 cm³/mol. The molecule has 1 aromatic carbocycles. The van der Waals surface area contributed by atoms with E-state index in [0.29, 0.717) is 18.0 Å². The number of halogens is 1. The lowest BCUT2D eigenvalue weighted by atomic mass is 9.85. The second-order valence-electron chi connectivity index (χ2n) is 5.96. The first-order chi connectivity index (χ1) is 12.0. The summed E-state index contributed by atoms with van der Waals surface area (Å²) in [5.74, 6) is -0.869. The van der Waals surface area contributed by atoms with E-state index in [1.54, 1.807) is 12.1 Å². The summed E-state index contributed by atoms with van der Waals surface area (Å²) in [6, 6.07) is 8.40. The van der Waals surface area contributed by atoms with Crippen LogP contribution in [0.2, 0.25) is 0 Å². The van der Waals surface area contributed by atoms with E-state index < -0.39 is 24.0 Å². The molecule has 8 heteroatoms. The van der Waals surface area contributed by atoms with Crippen LogP contribution in [-0.4, -0.2) is 30.6 Å². The highest BCUT2D eigenvalue weighted by Gasteiger charge is 2.35. The second-order valence-corrected chi connectivity index (χ2v) is 6.91. The van der Waals surface area contributed by atoms with Crippen LogP contribution in [0.4, 0.5) is 14.2 Å². The molecule has 0 spiro atoms. The van der Waals surface area contributed by atoms with Gasteiger partial charge in [-0.1, -0.05) is 12.1 Å². The third-order valence-electron chi connectivity index (χ3n) is 4.23.